The van der Waals surface area contributed by atoms with Gasteiger partial charge in [-0.1, -0.05) is 42.5 Å². The highest BCUT2D eigenvalue weighted by molar-refractivity contribution is 5.92. The van der Waals surface area contributed by atoms with Crippen molar-refractivity contribution in [2.24, 2.45) is 4.99 Å². The van der Waals surface area contributed by atoms with Gasteiger partial charge in [-0.2, -0.15) is 0 Å². The fourth-order valence-corrected chi connectivity index (χ4v) is 2.90. The molecule has 0 saturated heterocycles. The van der Waals surface area contributed by atoms with Crippen LogP contribution in [0.25, 0.3) is 0 Å². The zero-order valence-electron chi connectivity index (χ0n) is 18.3. The van der Waals surface area contributed by atoms with Gasteiger partial charge >= 0.3 is 0 Å². The summed E-state index contributed by atoms with van der Waals surface area (Å²) in [5, 5.41) is 20.1. The molecule has 1 amide bonds. The average Bonchev–Trinajstić information content (AvgIpc) is 2.70. The number of aliphatic hydroxyl groups is 1. The lowest BCUT2D eigenvalue weighted by molar-refractivity contribution is -0.116. The maximum atomic E-state index is 12.0. The van der Waals surface area contributed by atoms with Crippen molar-refractivity contribution in [2.45, 2.75) is 26.0 Å². The van der Waals surface area contributed by atoms with Gasteiger partial charge in [0, 0.05) is 12.2 Å². The van der Waals surface area contributed by atoms with Crippen LogP contribution < -0.4 is 16.0 Å². The van der Waals surface area contributed by atoms with Crippen LogP contribution in [0.1, 0.15) is 25.0 Å². The van der Waals surface area contributed by atoms with Crippen LogP contribution in [0.4, 0.5) is 5.69 Å². The number of nitrogens with zero attached hydrogens (tertiary/aromatic N) is 2. The third-order valence-corrected chi connectivity index (χ3v) is 4.43. The van der Waals surface area contributed by atoms with E-state index >= 15 is 0 Å². The van der Waals surface area contributed by atoms with Crippen LogP contribution in [-0.2, 0) is 16.9 Å². The predicted octanol–water partition coefficient (Wildman–Crippen LogP) is 2.15. The van der Waals surface area contributed by atoms with Gasteiger partial charge in [-0.3, -0.25) is 4.79 Å². The summed E-state index contributed by atoms with van der Waals surface area (Å²) in [5.74, 6) is 0.564. The number of guanidine groups is 1. The summed E-state index contributed by atoms with van der Waals surface area (Å²) in [6.07, 6.45) is 0. The van der Waals surface area contributed by atoms with Crippen molar-refractivity contribution in [3.63, 3.8) is 0 Å². The van der Waals surface area contributed by atoms with Crippen LogP contribution >= 0.6 is 0 Å². The molecule has 162 valence electrons. The van der Waals surface area contributed by atoms with Crippen LogP contribution in [0, 0.1) is 0 Å². The fraction of sp³-hybridized carbons (Fsp3) is 0.391. The van der Waals surface area contributed by atoms with Gasteiger partial charge in [0.25, 0.3) is 0 Å². The Kier molecular flexibility index (Phi) is 8.83. The Balaban J connectivity index is 2.00. The molecule has 0 heterocycles. The second kappa shape index (κ2) is 11.3. The van der Waals surface area contributed by atoms with Gasteiger partial charge in [0.2, 0.25) is 5.91 Å². The standard InChI is InChI=1S/C23H33N5O2/c1-5-24-22(26-17-23(2,30)19-11-7-6-8-12-19)25-15-18-10-9-13-20(14-18)27-21(29)16-28(3)4/h6-14,30H,5,15-17H2,1-4H3,(H,27,29)(H2,24,25,26). The third kappa shape index (κ3) is 7.85. The normalized spacial score (nSPS) is 13.6. The number of benzene rings is 2. The van der Waals surface area contributed by atoms with Crippen molar-refractivity contribution < 1.29 is 9.90 Å². The number of carbonyl (C=O) groups excluding carboxylic acids is 1. The number of hydrogen-bond donors (Lipinski definition) is 4. The molecule has 1 atom stereocenters. The van der Waals surface area contributed by atoms with Crippen molar-refractivity contribution in [2.75, 3.05) is 39.0 Å². The lowest BCUT2D eigenvalue weighted by atomic mass is 9.96. The molecular formula is C23H33N5O2. The maximum Gasteiger partial charge on any atom is 0.238 e. The number of anilines is 1. The van der Waals surface area contributed by atoms with Gasteiger partial charge in [0.1, 0.15) is 5.60 Å². The minimum Gasteiger partial charge on any atom is -0.384 e. The van der Waals surface area contributed by atoms with Crippen molar-refractivity contribution in [1.82, 2.24) is 15.5 Å². The Labute approximate surface area is 179 Å². The number of carbonyl (C=O) groups is 1. The molecule has 2 aromatic rings. The van der Waals surface area contributed by atoms with Gasteiger partial charge in [0.05, 0.1) is 19.6 Å². The molecule has 7 heteroatoms. The molecule has 0 spiro atoms. The molecule has 0 aliphatic heterocycles. The monoisotopic (exact) mass is 411 g/mol. The van der Waals surface area contributed by atoms with Gasteiger partial charge in [-0.15, -0.1) is 0 Å². The molecule has 0 radical (unpaired) electrons. The van der Waals surface area contributed by atoms with E-state index < -0.39 is 5.60 Å². The Hall–Kier alpha value is -2.90. The minimum absolute atomic E-state index is 0.0567. The summed E-state index contributed by atoms with van der Waals surface area (Å²) < 4.78 is 0. The smallest absolute Gasteiger partial charge is 0.238 e. The van der Waals surface area contributed by atoms with Crippen molar-refractivity contribution in [3.05, 3.63) is 65.7 Å². The molecular weight excluding hydrogens is 378 g/mol. The van der Waals surface area contributed by atoms with E-state index in [2.05, 4.69) is 20.9 Å². The van der Waals surface area contributed by atoms with Crippen molar-refractivity contribution >= 4 is 17.6 Å². The molecule has 0 aliphatic carbocycles. The van der Waals surface area contributed by atoms with E-state index in [0.29, 0.717) is 32.1 Å². The third-order valence-electron chi connectivity index (χ3n) is 4.43. The first kappa shape index (κ1) is 23.4. The Morgan fingerprint density at radius 3 is 2.50 bits per heavy atom. The first-order valence-corrected chi connectivity index (χ1v) is 10.1. The second-order valence-corrected chi connectivity index (χ2v) is 7.67. The number of rotatable bonds is 9. The summed E-state index contributed by atoms with van der Waals surface area (Å²) >= 11 is 0. The van der Waals surface area contributed by atoms with E-state index in [1.165, 1.54) is 0 Å². The Morgan fingerprint density at radius 1 is 1.10 bits per heavy atom. The molecule has 0 bridgehead atoms. The van der Waals surface area contributed by atoms with E-state index in [4.69, 9.17) is 0 Å². The molecule has 0 saturated carbocycles. The first-order chi connectivity index (χ1) is 14.3. The molecule has 2 rings (SSSR count). The van der Waals surface area contributed by atoms with Crippen LogP contribution in [0.2, 0.25) is 0 Å². The van der Waals surface area contributed by atoms with E-state index in [-0.39, 0.29) is 5.91 Å². The van der Waals surface area contributed by atoms with Gasteiger partial charge in [0.15, 0.2) is 5.96 Å². The number of hydrogen-bond acceptors (Lipinski definition) is 4. The molecule has 1 unspecified atom stereocenters. The number of likely N-dealkylation sites (N-methyl/N-ethyl adjacent to an activating group) is 1. The van der Waals surface area contributed by atoms with E-state index in [9.17, 15) is 9.90 Å². The van der Waals surface area contributed by atoms with E-state index in [0.717, 1.165) is 16.8 Å². The second-order valence-electron chi connectivity index (χ2n) is 7.67. The Morgan fingerprint density at radius 2 is 1.83 bits per heavy atom. The summed E-state index contributed by atoms with van der Waals surface area (Å²) in [7, 11) is 3.71. The Bertz CT molecular complexity index is 834. The molecule has 0 aliphatic rings. The molecule has 0 aromatic heterocycles. The molecule has 4 N–H and O–H groups in total. The quantitative estimate of drug-likeness (QED) is 0.375. The summed E-state index contributed by atoms with van der Waals surface area (Å²) in [6.45, 7) is 5.58. The highest BCUT2D eigenvalue weighted by Gasteiger charge is 2.22. The zero-order chi connectivity index (χ0) is 22.0. The van der Waals surface area contributed by atoms with Gasteiger partial charge in [-0.05, 0) is 51.2 Å². The summed E-state index contributed by atoms with van der Waals surface area (Å²) in [4.78, 5) is 18.4. The average molecular weight is 412 g/mol. The van der Waals surface area contributed by atoms with E-state index in [1.807, 2.05) is 80.5 Å². The SMILES string of the molecule is CCNC(=NCc1cccc(NC(=O)CN(C)C)c1)NCC(C)(O)c1ccccc1. The number of aliphatic imine (C=N–C) groups is 1. The van der Waals surface area contributed by atoms with Crippen molar-refractivity contribution in [1.29, 1.82) is 0 Å². The first-order valence-electron chi connectivity index (χ1n) is 10.1. The largest absolute Gasteiger partial charge is 0.384 e. The fourth-order valence-electron chi connectivity index (χ4n) is 2.90. The number of amides is 1. The van der Waals surface area contributed by atoms with Gasteiger partial charge in [-0.25, -0.2) is 4.99 Å². The van der Waals surface area contributed by atoms with Crippen LogP contribution in [-0.4, -0.2) is 55.6 Å². The topological polar surface area (TPSA) is 89.0 Å². The van der Waals surface area contributed by atoms with Crippen LogP contribution in [0.15, 0.2) is 59.6 Å². The summed E-state index contributed by atoms with van der Waals surface area (Å²) in [6, 6.07) is 17.2. The van der Waals surface area contributed by atoms with Crippen molar-refractivity contribution in [3.8, 4) is 0 Å². The lowest BCUT2D eigenvalue weighted by Gasteiger charge is -2.25. The highest BCUT2D eigenvalue weighted by Crippen LogP contribution is 2.19. The number of nitrogens with one attached hydrogen (secondary N) is 3. The molecule has 0 fully saturated rings. The zero-order valence-corrected chi connectivity index (χ0v) is 18.3. The highest BCUT2D eigenvalue weighted by atomic mass is 16.3. The van der Waals surface area contributed by atoms with Crippen LogP contribution in [0.5, 0.6) is 0 Å². The molecule has 7 nitrogen and oxygen atoms in total. The molecule has 30 heavy (non-hydrogen) atoms. The maximum absolute atomic E-state index is 12.0. The minimum atomic E-state index is -1.02. The van der Waals surface area contributed by atoms with Gasteiger partial charge < -0.3 is 26.0 Å². The molecule has 2 aromatic carbocycles. The lowest BCUT2D eigenvalue weighted by Crippen LogP contribution is -2.44. The van der Waals surface area contributed by atoms with Crippen LogP contribution in [0.3, 0.4) is 0 Å². The summed E-state index contributed by atoms with van der Waals surface area (Å²) in [5.41, 5.74) is 1.55. The van der Waals surface area contributed by atoms with E-state index in [1.54, 1.807) is 6.92 Å². The predicted molar refractivity (Wildman–Crippen MR) is 122 cm³/mol.